The molecule has 0 unspecified atom stereocenters. The van der Waals surface area contributed by atoms with Crippen LogP contribution in [0.25, 0.3) is 0 Å². The number of rotatable bonds is 6. The maximum Gasteiger partial charge on any atom is 0.253 e. The lowest BCUT2D eigenvalue weighted by molar-refractivity contribution is 0.0827. The lowest BCUT2D eigenvalue weighted by atomic mass is 9.87. The Bertz CT molecular complexity index is 604. The van der Waals surface area contributed by atoms with Crippen LogP contribution in [-0.2, 0) is 6.42 Å². The number of guanidine groups is 1. The Balaban J connectivity index is 1.91. The van der Waals surface area contributed by atoms with Crippen molar-refractivity contribution < 1.29 is 4.79 Å². The summed E-state index contributed by atoms with van der Waals surface area (Å²) in [6.45, 7) is 6.00. The van der Waals surface area contributed by atoms with Crippen molar-refractivity contribution in [2.45, 2.75) is 52.0 Å². The molecule has 0 spiro atoms. The molecule has 144 valence electrons. The van der Waals surface area contributed by atoms with E-state index < -0.39 is 0 Å². The Morgan fingerprint density at radius 1 is 1.23 bits per heavy atom. The third-order valence-corrected chi connectivity index (χ3v) is 4.95. The van der Waals surface area contributed by atoms with Gasteiger partial charge in [0.2, 0.25) is 0 Å². The Kier molecular flexibility index (Phi) is 7.95. The first kappa shape index (κ1) is 20.3. The van der Waals surface area contributed by atoms with Gasteiger partial charge in [-0.2, -0.15) is 0 Å². The average Bonchev–Trinajstić information content (AvgIpc) is 2.63. The van der Waals surface area contributed by atoms with E-state index >= 15 is 0 Å². The summed E-state index contributed by atoms with van der Waals surface area (Å²) in [6.07, 6.45) is 5.86. The molecule has 2 N–H and O–H groups in total. The van der Waals surface area contributed by atoms with E-state index in [1.165, 1.54) is 25.7 Å². The average molecular weight is 359 g/mol. The Morgan fingerprint density at radius 2 is 1.96 bits per heavy atom. The zero-order valence-corrected chi connectivity index (χ0v) is 16.7. The summed E-state index contributed by atoms with van der Waals surface area (Å²) in [5.74, 6) is 1.80. The van der Waals surface area contributed by atoms with E-state index in [1.807, 2.05) is 18.2 Å². The molecule has 0 bridgehead atoms. The van der Waals surface area contributed by atoms with Crippen LogP contribution in [-0.4, -0.2) is 50.0 Å². The summed E-state index contributed by atoms with van der Waals surface area (Å²) in [7, 11) is 3.55. The highest BCUT2D eigenvalue weighted by Crippen LogP contribution is 2.23. The van der Waals surface area contributed by atoms with Gasteiger partial charge in [0, 0.05) is 38.8 Å². The first-order chi connectivity index (χ1) is 12.5. The monoisotopic (exact) mass is 358 g/mol. The fourth-order valence-corrected chi connectivity index (χ4v) is 3.33. The largest absolute Gasteiger partial charge is 0.357 e. The summed E-state index contributed by atoms with van der Waals surface area (Å²) in [4.78, 5) is 18.4. The molecule has 0 aliphatic heterocycles. The Morgan fingerprint density at radius 3 is 2.62 bits per heavy atom. The van der Waals surface area contributed by atoms with E-state index in [0.29, 0.717) is 12.6 Å². The number of benzene rings is 1. The molecule has 1 aromatic carbocycles. The minimum Gasteiger partial charge on any atom is -0.357 e. The first-order valence-electron chi connectivity index (χ1n) is 9.85. The van der Waals surface area contributed by atoms with Crippen LogP contribution in [0, 0.1) is 5.92 Å². The van der Waals surface area contributed by atoms with Crippen LogP contribution in [0.1, 0.15) is 55.5 Å². The first-order valence-corrected chi connectivity index (χ1v) is 9.85. The van der Waals surface area contributed by atoms with Crippen LogP contribution in [0.2, 0.25) is 0 Å². The normalized spacial score (nSPS) is 20.5. The second kappa shape index (κ2) is 10.2. The van der Waals surface area contributed by atoms with Crippen molar-refractivity contribution in [3.63, 3.8) is 0 Å². The van der Waals surface area contributed by atoms with Gasteiger partial charge in [-0.1, -0.05) is 19.1 Å². The predicted octanol–water partition coefficient (Wildman–Crippen LogP) is 3.06. The van der Waals surface area contributed by atoms with Crippen molar-refractivity contribution in [1.29, 1.82) is 0 Å². The number of aliphatic imine (C=N–C) groups is 1. The van der Waals surface area contributed by atoms with Crippen molar-refractivity contribution in [3.05, 3.63) is 35.4 Å². The highest BCUT2D eigenvalue weighted by molar-refractivity contribution is 5.94. The molecule has 1 fully saturated rings. The highest BCUT2D eigenvalue weighted by atomic mass is 16.2. The summed E-state index contributed by atoms with van der Waals surface area (Å²) in [5.41, 5.74) is 1.88. The second-order valence-corrected chi connectivity index (χ2v) is 7.51. The van der Waals surface area contributed by atoms with Crippen molar-refractivity contribution in [1.82, 2.24) is 15.5 Å². The van der Waals surface area contributed by atoms with E-state index in [0.717, 1.165) is 36.0 Å². The molecule has 0 radical (unpaired) electrons. The molecule has 0 heterocycles. The fraction of sp³-hybridized carbons (Fsp3) is 0.619. The zero-order valence-electron chi connectivity index (χ0n) is 16.7. The van der Waals surface area contributed by atoms with Crippen molar-refractivity contribution >= 4 is 11.9 Å². The molecule has 1 aromatic rings. The van der Waals surface area contributed by atoms with Gasteiger partial charge in [0.25, 0.3) is 5.91 Å². The fourth-order valence-electron chi connectivity index (χ4n) is 3.33. The van der Waals surface area contributed by atoms with Gasteiger partial charge in [-0.3, -0.25) is 9.79 Å². The van der Waals surface area contributed by atoms with E-state index in [1.54, 1.807) is 19.0 Å². The van der Waals surface area contributed by atoms with Crippen molar-refractivity contribution in [2.24, 2.45) is 10.9 Å². The van der Waals surface area contributed by atoms with Crippen LogP contribution in [0.3, 0.4) is 0 Å². The topological polar surface area (TPSA) is 56.7 Å². The molecular formula is C21H34N4O. The summed E-state index contributed by atoms with van der Waals surface area (Å²) >= 11 is 0. The standard InChI is InChI=1S/C21H34N4O/c1-5-22-21(24-19-11-9-16(2)10-12-19)23-14-13-17-7-6-8-18(15-17)20(26)25(3)4/h6-8,15-16,19H,5,9-14H2,1-4H3,(H2,22,23,24). The molecule has 1 amide bonds. The molecule has 0 aromatic heterocycles. The van der Waals surface area contributed by atoms with Gasteiger partial charge < -0.3 is 15.5 Å². The number of nitrogens with one attached hydrogen (secondary N) is 2. The van der Waals surface area contributed by atoms with Gasteiger partial charge in [0.05, 0.1) is 0 Å². The quantitative estimate of drug-likeness (QED) is 0.607. The summed E-state index contributed by atoms with van der Waals surface area (Å²) in [6, 6.07) is 8.38. The molecule has 1 aliphatic carbocycles. The highest BCUT2D eigenvalue weighted by Gasteiger charge is 2.18. The SMILES string of the molecule is CCNC(=NCCc1cccc(C(=O)N(C)C)c1)NC1CCC(C)CC1. The minimum absolute atomic E-state index is 0.0388. The maximum atomic E-state index is 12.1. The van der Waals surface area contributed by atoms with E-state index in [2.05, 4.69) is 30.5 Å². The van der Waals surface area contributed by atoms with E-state index in [4.69, 9.17) is 4.99 Å². The molecule has 26 heavy (non-hydrogen) atoms. The molecular weight excluding hydrogens is 324 g/mol. The van der Waals surface area contributed by atoms with Gasteiger partial charge in [-0.15, -0.1) is 0 Å². The number of carbonyl (C=O) groups is 1. The number of carbonyl (C=O) groups excluding carboxylic acids is 1. The molecule has 0 atom stereocenters. The summed E-state index contributed by atoms with van der Waals surface area (Å²) in [5, 5.41) is 6.94. The second-order valence-electron chi connectivity index (χ2n) is 7.51. The van der Waals surface area contributed by atoms with Gasteiger partial charge >= 0.3 is 0 Å². The molecule has 5 heteroatoms. The number of hydrogen-bond donors (Lipinski definition) is 2. The predicted molar refractivity (Wildman–Crippen MR) is 109 cm³/mol. The van der Waals surface area contributed by atoms with Crippen LogP contribution in [0.5, 0.6) is 0 Å². The van der Waals surface area contributed by atoms with Gasteiger partial charge in [-0.25, -0.2) is 0 Å². The zero-order chi connectivity index (χ0) is 18.9. The molecule has 0 saturated heterocycles. The van der Waals surface area contributed by atoms with Crippen LogP contribution in [0.15, 0.2) is 29.3 Å². The molecule has 5 nitrogen and oxygen atoms in total. The minimum atomic E-state index is 0.0388. The lowest BCUT2D eigenvalue weighted by Gasteiger charge is -2.28. The van der Waals surface area contributed by atoms with Crippen molar-refractivity contribution in [2.75, 3.05) is 27.2 Å². The van der Waals surface area contributed by atoms with Crippen LogP contribution >= 0.6 is 0 Å². The third kappa shape index (κ3) is 6.36. The molecule has 1 saturated carbocycles. The Hall–Kier alpha value is -2.04. The van der Waals surface area contributed by atoms with E-state index in [9.17, 15) is 4.79 Å². The number of amides is 1. The van der Waals surface area contributed by atoms with Gasteiger partial charge in [-0.05, 0) is 62.6 Å². The molecule has 1 aliphatic rings. The molecule has 2 rings (SSSR count). The Labute approximate surface area is 158 Å². The van der Waals surface area contributed by atoms with Crippen molar-refractivity contribution in [3.8, 4) is 0 Å². The van der Waals surface area contributed by atoms with Gasteiger partial charge in [0.15, 0.2) is 5.96 Å². The lowest BCUT2D eigenvalue weighted by Crippen LogP contribution is -2.44. The van der Waals surface area contributed by atoms with Crippen LogP contribution in [0.4, 0.5) is 0 Å². The van der Waals surface area contributed by atoms with E-state index in [-0.39, 0.29) is 5.91 Å². The smallest absolute Gasteiger partial charge is 0.253 e. The summed E-state index contributed by atoms with van der Waals surface area (Å²) < 4.78 is 0. The number of hydrogen-bond acceptors (Lipinski definition) is 2. The van der Waals surface area contributed by atoms with Gasteiger partial charge in [0.1, 0.15) is 0 Å². The number of nitrogens with zero attached hydrogens (tertiary/aromatic N) is 2. The third-order valence-electron chi connectivity index (χ3n) is 4.95. The van der Waals surface area contributed by atoms with Crippen LogP contribution < -0.4 is 10.6 Å². The maximum absolute atomic E-state index is 12.1.